The SMILES string of the molecule is c1ccc(N2c3ccccc3Oc3cc(-c4ccc5sc6ccc(-c7ccc8c9ccccc9n(-c9ccccc9)c8c7)nc6c5n4)ccc32)cc1. The first-order valence-corrected chi connectivity index (χ1v) is 18.1. The third-order valence-electron chi connectivity index (χ3n) is 9.98. The summed E-state index contributed by atoms with van der Waals surface area (Å²) in [6.07, 6.45) is 0. The minimum absolute atomic E-state index is 0.792. The van der Waals surface area contributed by atoms with Crippen LogP contribution in [0.2, 0.25) is 0 Å². The molecule has 11 rings (SSSR count). The van der Waals surface area contributed by atoms with Gasteiger partial charge in [-0.15, -0.1) is 11.3 Å². The molecule has 0 N–H and O–H groups in total. The second kappa shape index (κ2) is 11.4. The van der Waals surface area contributed by atoms with Crippen molar-refractivity contribution in [1.29, 1.82) is 0 Å². The summed E-state index contributed by atoms with van der Waals surface area (Å²) in [4.78, 5) is 12.8. The molecule has 0 radical (unpaired) electrons. The van der Waals surface area contributed by atoms with Gasteiger partial charge in [-0.05, 0) is 84.9 Å². The lowest BCUT2D eigenvalue weighted by atomic mass is 10.1. The van der Waals surface area contributed by atoms with E-state index in [9.17, 15) is 0 Å². The number of ether oxygens (including phenoxy) is 1. The maximum atomic E-state index is 6.50. The lowest BCUT2D eigenvalue weighted by Crippen LogP contribution is -2.15. The van der Waals surface area contributed by atoms with Crippen molar-refractivity contribution < 1.29 is 4.74 Å². The van der Waals surface area contributed by atoms with Crippen LogP contribution in [-0.4, -0.2) is 14.5 Å². The summed E-state index contributed by atoms with van der Waals surface area (Å²) >= 11 is 1.73. The number of pyridine rings is 2. The van der Waals surface area contributed by atoms with Crippen LogP contribution in [0.5, 0.6) is 11.5 Å². The average Bonchev–Trinajstić information content (AvgIpc) is 3.75. The number of nitrogens with zero attached hydrogens (tertiary/aromatic N) is 4. The minimum atomic E-state index is 0.792. The fraction of sp³-hybridized carbons (Fsp3) is 0. The van der Waals surface area contributed by atoms with E-state index in [0.717, 1.165) is 82.7 Å². The fourth-order valence-electron chi connectivity index (χ4n) is 7.59. The van der Waals surface area contributed by atoms with Crippen molar-refractivity contribution in [3.63, 3.8) is 0 Å². The fourth-order valence-corrected chi connectivity index (χ4v) is 8.58. The van der Waals surface area contributed by atoms with Crippen molar-refractivity contribution >= 4 is 70.6 Å². The quantitative estimate of drug-likeness (QED) is 0.185. The maximum absolute atomic E-state index is 6.50. The van der Waals surface area contributed by atoms with Gasteiger partial charge in [-0.3, -0.25) is 0 Å². The molecule has 0 unspecified atom stereocenters. The van der Waals surface area contributed by atoms with E-state index in [2.05, 4.69) is 155 Å². The standard InChI is InChI=1S/C46H28N4OS/c1-3-11-31(12-4-1)49-37-16-8-7-15-33(37)34-21-19-29(27-40(34)49)35-22-25-43-45(47-35)46-44(52-43)26-23-36(48-46)30-20-24-39-42(28-30)51-41-18-10-9-17-38(41)50(39)32-13-5-2-6-14-32/h1-28H. The average molecular weight is 685 g/mol. The van der Waals surface area contributed by atoms with Gasteiger partial charge in [0.05, 0.1) is 43.2 Å². The first kappa shape index (κ1) is 29.0. The van der Waals surface area contributed by atoms with Gasteiger partial charge in [-0.2, -0.15) is 0 Å². The number of rotatable bonds is 4. The smallest absolute Gasteiger partial charge is 0.152 e. The van der Waals surface area contributed by atoms with E-state index in [1.165, 1.54) is 16.3 Å². The monoisotopic (exact) mass is 684 g/mol. The van der Waals surface area contributed by atoms with E-state index < -0.39 is 0 Å². The molecule has 0 spiro atoms. The lowest BCUT2D eigenvalue weighted by Gasteiger charge is -2.33. The second-order valence-electron chi connectivity index (χ2n) is 13.0. The Morgan fingerprint density at radius 1 is 0.442 bits per heavy atom. The van der Waals surface area contributed by atoms with Crippen molar-refractivity contribution in [2.24, 2.45) is 0 Å². The van der Waals surface area contributed by atoms with Gasteiger partial charge in [0.15, 0.2) is 11.5 Å². The van der Waals surface area contributed by atoms with Crippen molar-refractivity contribution in [3.8, 4) is 39.7 Å². The zero-order chi connectivity index (χ0) is 34.2. The zero-order valence-electron chi connectivity index (χ0n) is 27.8. The normalized spacial score (nSPS) is 12.3. The van der Waals surface area contributed by atoms with Crippen LogP contribution in [0.3, 0.4) is 0 Å². The molecule has 52 heavy (non-hydrogen) atoms. The first-order valence-electron chi connectivity index (χ1n) is 17.3. The Morgan fingerprint density at radius 2 is 1.04 bits per heavy atom. The largest absolute Gasteiger partial charge is 0.453 e. The molecule has 0 saturated carbocycles. The summed E-state index contributed by atoms with van der Waals surface area (Å²) in [7, 11) is 0. The molecular formula is C46H28N4OS. The zero-order valence-corrected chi connectivity index (χ0v) is 28.6. The first-order chi connectivity index (χ1) is 25.8. The van der Waals surface area contributed by atoms with Gasteiger partial charge < -0.3 is 14.2 Å². The summed E-state index contributed by atoms with van der Waals surface area (Å²) in [5, 5.41) is 2.46. The van der Waals surface area contributed by atoms with E-state index in [0.29, 0.717) is 0 Å². The highest BCUT2D eigenvalue weighted by atomic mass is 32.1. The molecule has 244 valence electrons. The van der Waals surface area contributed by atoms with Gasteiger partial charge in [-0.25, -0.2) is 9.97 Å². The van der Waals surface area contributed by atoms with E-state index in [1.54, 1.807) is 11.3 Å². The van der Waals surface area contributed by atoms with Crippen molar-refractivity contribution in [2.45, 2.75) is 0 Å². The van der Waals surface area contributed by atoms with Crippen LogP contribution in [0, 0.1) is 0 Å². The van der Waals surface area contributed by atoms with Gasteiger partial charge >= 0.3 is 0 Å². The number of benzene rings is 6. The summed E-state index contributed by atoms with van der Waals surface area (Å²) in [5.41, 5.74) is 12.3. The number of thiophene rings is 1. The maximum Gasteiger partial charge on any atom is 0.152 e. The minimum Gasteiger partial charge on any atom is -0.453 e. The Hall–Kier alpha value is -6.76. The summed E-state index contributed by atoms with van der Waals surface area (Å²) in [5.74, 6) is 1.61. The Bertz CT molecular complexity index is 3000. The highest BCUT2D eigenvalue weighted by molar-refractivity contribution is 7.25. The Morgan fingerprint density at radius 3 is 1.81 bits per heavy atom. The van der Waals surface area contributed by atoms with E-state index in [-0.39, 0.29) is 0 Å². The molecule has 6 aromatic carbocycles. The van der Waals surface area contributed by atoms with Gasteiger partial charge in [0, 0.05) is 33.3 Å². The molecule has 1 aliphatic heterocycles. The van der Waals surface area contributed by atoms with Gasteiger partial charge in [-0.1, -0.05) is 84.9 Å². The molecule has 0 bridgehead atoms. The van der Waals surface area contributed by atoms with Gasteiger partial charge in [0.2, 0.25) is 0 Å². The third kappa shape index (κ3) is 4.48. The molecule has 0 fully saturated rings. The molecule has 1 aliphatic rings. The summed E-state index contributed by atoms with van der Waals surface area (Å²) < 4.78 is 11.1. The number of fused-ring (bicyclic) bond motifs is 8. The molecule has 10 aromatic rings. The van der Waals surface area contributed by atoms with Crippen LogP contribution in [0.15, 0.2) is 170 Å². The molecule has 0 atom stereocenters. The molecule has 6 heteroatoms. The van der Waals surface area contributed by atoms with Crippen LogP contribution < -0.4 is 9.64 Å². The van der Waals surface area contributed by atoms with E-state index >= 15 is 0 Å². The van der Waals surface area contributed by atoms with Crippen LogP contribution in [0.4, 0.5) is 17.1 Å². The summed E-state index contributed by atoms with van der Waals surface area (Å²) in [6, 6.07) is 59.4. The molecule has 4 aromatic heterocycles. The van der Waals surface area contributed by atoms with Crippen molar-refractivity contribution in [1.82, 2.24) is 14.5 Å². The Labute approximate surface area is 303 Å². The molecule has 0 aliphatic carbocycles. The Kier molecular flexibility index (Phi) is 6.35. The number of aromatic nitrogens is 3. The van der Waals surface area contributed by atoms with Gasteiger partial charge in [0.1, 0.15) is 11.0 Å². The van der Waals surface area contributed by atoms with Gasteiger partial charge in [0.25, 0.3) is 0 Å². The van der Waals surface area contributed by atoms with E-state index in [4.69, 9.17) is 14.7 Å². The van der Waals surface area contributed by atoms with Crippen molar-refractivity contribution in [2.75, 3.05) is 4.90 Å². The molecule has 5 heterocycles. The van der Waals surface area contributed by atoms with Crippen LogP contribution in [-0.2, 0) is 0 Å². The summed E-state index contributed by atoms with van der Waals surface area (Å²) in [6.45, 7) is 0. The van der Waals surface area contributed by atoms with Crippen LogP contribution >= 0.6 is 11.3 Å². The van der Waals surface area contributed by atoms with Crippen molar-refractivity contribution in [3.05, 3.63) is 170 Å². The van der Waals surface area contributed by atoms with Crippen LogP contribution in [0.1, 0.15) is 0 Å². The predicted octanol–water partition coefficient (Wildman–Crippen LogP) is 12.9. The number of hydrogen-bond donors (Lipinski definition) is 0. The third-order valence-corrected chi connectivity index (χ3v) is 11.1. The molecule has 0 saturated heterocycles. The molecular weight excluding hydrogens is 657 g/mol. The predicted molar refractivity (Wildman–Crippen MR) is 215 cm³/mol. The number of hydrogen-bond acceptors (Lipinski definition) is 5. The highest BCUT2D eigenvalue weighted by Crippen LogP contribution is 2.51. The Balaban J connectivity index is 1.02. The highest BCUT2D eigenvalue weighted by Gasteiger charge is 2.26. The number of anilines is 3. The second-order valence-corrected chi connectivity index (χ2v) is 14.1. The lowest BCUT2D eigenvalue weighted by molar-refractivity contribution is 0.477. The molecule has 5 nitrogen and oxygen atoms in total. The number of para-hydroxylation sites is 5. The van der Waals surface area contributed by atoms with E-state index in [1.807, 2.05) is 24.3 Å². The van der Waals surface area contributed by atoms with Crippen LogP contribution in [0.25, 0.3) is 70.4 Å². The molecule has 0 amide bonds. The topological polar surface area (TPSA) is 43.2 Å².